The smallest absolute Gasteiger partial charge is 0.333 e. The maximum absolute atomic E-state index is 13.5. The molecule has 0 fully saturated rings. The average Bonchev–Trinajstić information content (AvgIpc) is 2.71. The van der Waals surface area contributed by atoms with Gasteiger partial charge in [-0.2, -0.15) is 0 Å². The Labute approximate surface area is 245 Å². The van der Waals surface area contributed by atoms with Crippen LogP contribution in [0.4, 0.5) is 0 Å². The van der Waals surface area contributed by atoms with Gasteiger partial charge in [0.2, 0.25) is 0 Å². The maximum atomic E-state index is 13.5. The molecule has 0 aromatic rings. The predicted octanol–water partition coefficient (Wildman–Crippen LogP) is 10.3. The van der Waals surface area contributed by atoms with Crippen LogP contribution in [-0.4, -0.2) is 39.5 Å². The standard InChI is InChI=1S/C33H66O4Si2/c1-21(2)18-31(38(23(5)6,24(7)8)25(9)10)36-30(34)20-29(17)33(35)37-32(19-22(3)4)39(26(11)12,27(13)14)28(15)16/h21-28,31-32H,17-20H2,1-16H3. The van der Waals surface area contributed by atoms with Crippen LogP contribution < -0.4 is 0 Å². The minimum atomic E-state index is -2.07. The lowest BCUT2D eigenvalue weighted by Gasteiger charge is -2.48. The Morgan fingerprint density at radius 2 is 0.821 bits per heavy atom. The third kappa shape index (κ3) is 9.05. The molecule has 0 heterocycles. The highest BCUT2D eigenvalue weighted by atomic mass is 28.3. The highest BCUT2D eigenvalue weighted by Crippen LogP contribution is 2.48. The quantitative estimate of drug-likeness (QED) is 0.0972. The second-order valence-electron chi connectivity index (χ2n) is 14.8. The Bertz CT molecular complexity index is 737. The zero-order valence-corrected chi connectivity index (χ0v) is 30.7. The van der Waals surface area contributed by atoms with Gasteiger partial charge in [-0.25, -0.2) is 4.79 Å². The molecule has 0 saturated heterocycles. The van der Waals surface area contributed by atoms with Crippen molar-refractivity contribution in [1.82, 2.24) is 0 Å². The molecule has 0 aliphatic rings. The van der Waals surface area contributed by atoms with Crippen molar-refractivity contribution in [3.63, 3.8) is 0 Å². The number of ether oxygens (including phenoxy) is 2. The van der Waals surface area contributed by atoms with E-state index in [0.29, 0.717) is 45.1 Å². The van der Waals surface area contributed by atoms with Crippen LogP contribution in [0.5, 0.6) is 0 Å². The number of carbonyl (C=O) groups is 2. The molecule has 0 aliphatic heterocycles. The van der Waals surface area contributed by atoms with Crippen molar-refractivity contribution in [2.75, 3.05) is 0 Å². The molecule has 230 valence electrons. The monoisotopic (exact) mass is 582 g/mol. The van der Waals surface area contributed by atoms with Gasteiger partial charge in [-0.15, -0.1) is 0 Å². The van der Waals surface area contributed by atoms with Gasteiger partial charge in [0.15, 0.2) is 0 Å². The van der Waals surface area contributed by atoms with Gasteiger partial charge in [-0.3, -0.25) is 4.79 Å². The van der Waals surface area contributed by atoms with Gasteiger partial charge in [0, 0.05) is 5.57 Å². The van der Waals surface area contributed by atoms with E-state index < -0.39 is 22.1 Å². The number of esters is 2. The van der Waals surface area contributed by atoms with Gasteiger partial charge < -0.3 is 9.47 Å². The van der Waals surface area contributed by atoms with Gasteiger partial charge in [0.05, 0.1) is 17.9 Å². The fourth-order valence-electron chi connectivity index (χ4n) is 8.45. The molecule has 0 amide bonds. The minimum Gasteiger partial charge on any atom is -0.466 e. The summed E-state index contributed by atoms with van der Waals surface area (Å²) in [7, 11) is -4.12. The Hall–Kier alpha value is -0.886. The molecule has 0 N–H and O–H groups in total. The highest BCUT2D eigenvalue weighted by Gasteiger charge is 2.52. The molecule has 2 atom stereocenters. The summed E-state index contributed by atoms with van der Waals surface area (Å²) in [5, 5.41) is 0. The van der Waals surface area contributed by atoms with Crippen LogP contribution in [0.1, 0.15) is 130 Å². The molecule has 0 aromatic carbocycles. The zero-order chi connectivity index (χ0) is 31.0. The Kier molecular flexibility index (Phi) is 15.6. The van der Waals surface area contributed by atoms with Crippen molar-refractivity contribution in [3.05, 3.63) is 12.2 Å². The second kappa shape index (κ2) is 15.9. The van der Waals surface area contributed by atoms with E-state index in [1.807, 2.05) is 0 Å². The summed E-state index contributed by atoms with van der Waals surface area (Å²) < 4.78 is 12.7. The first kappa shape index (κ1) is 38.1. The topological polar surface area (TPSA) is 52.6 Å². The van der Waals surface area contributed by atoms with E-state index in [1.54, 1.807) is 0 Å². The predicted molar refractivity (Wildman–Crippen MR) is 175 cm³/mol. The molecule has 0 rings (SSSR count). The normalized spacial score (nSPS) is 14.9. The number of carbonyl (C=O) groups excluding carboxylic acids is 2. The van der Waals surface area contributed by atoms with Crippen molar-refractivity contribution < 1.29 is 19.1 Å². The van der Waals surface area contributed by atoms with Crippen LogP contribution in [0, 0.1) is 11.8 Å². The zero-order valence-electron chi connectivity index (χ0n) is 28.7. The van der Waals surface area contributed by atoms with Gasteiger partial charge in [0.1, 0.15) is 16.1 Å². The SMILES string of the molecule is C=C(CC(=O)OC(CC(C)C)[Si](C(C)C)(C(C)C)C(C)C)C(=O)OC(CC(C)C)[Si](C(C)C)(C(C)C)C(C)C. The van der Waals surface area contributed by atoms with E-state index in [1.165, 1.54) is 0 Å². The molecule has 2 unspecified atom stereocenters. The van der Waals surface area contributed by atoms with Gasteiger partial charge >= 0.3 is 11.9 Å². The molecule has 0 aromatic heterocycles. The first-order valence-corrected chi connectivity index (χ1v) is 20.4. The molecular formula is C33H66O4Si2. The fourth-order valence-corrected chi connectivity index (χ4v) is 23.3. The lowest BCUT2D eigenvalue weighted by molar-refractivity contribution is -0.149. The Balaban J connectivity index is 6.08. The number of hydrogen-bond donors (Lipinski definition) is 0. The van der Waals surface area contributed by atoms with Gasteiger partial charge in [-0.05, 0) is 57.9 Å². The van der Waals surface area contributed by atoms with Gasteiger partial charge in [-0.1, -0.05) is 117 Å². The lowest BCUT2D eigenvalue weighted by atomic mass is 10.1. The summed E-state index contributed by atoms with van der Waals surface area (Å²) in [4.78, 5) is 26.9. The molecule has 4 nitrogen and oxygen atoms in total. The average molecular weight is 583 g/mol. The van der Waals surface area contributed by atoms with Crippen molar-refractivity contribution >= 4 is 28.1 Å². The van der Waals surface area contributed by atoms with Crippen molar-refractivity contribution in [1.29, 1.82) is 0 Å². The Morgan fingerprint density at radius 3 is 1.08 bits per heavy atom. The molecule has 6 heteroatoms. The summed E-state index contributed by atoms with van der Waals surface area (Å²) in [5.41, 5.74) is 2.81. The van der Waals surface area contributed by atoms with E-state index in [-0.39, 0.29) is 29.4 Å². The summed E-state index contributed by atoms with van der Waals surface area (Å²) in [6.07, 6.45) is 1.58. The summed E-state index contributed by atoms with van der Waals surface area (Å²) in [6.45, 7) is 40.4. The third-order valence-electron chi connectivity index (χ3n) is 9.66. The first-order valence-electron chi connectivity index (χ1n) is 15.8. The van der Waals surface area contributed by atoms with Crippen LogP contribution in [0.2, 0.25) is 33.2 Å². The number of rotatable bonds is 17. The fraction of sp³-hybridized carbons (Fsp3) is 0.879. The van der Waals surface area contributed by atoms with Crippen LogP contribution in [0.25, 0.3) is 0 Å². The summed E-state index contributed by atoms with van der Waals surface area (Å²) in [6, 6.07) is 0. The minimum absolute atomic E-state index is 0.0922. The van der Waals surface area contributed by atoms with E-state index in [0.717, 1.165) is 12.8 Å². The van der Waals surface area contributed by atoms with E-state index >= 15 is 0 Å². The number of hydrogen-bond acceptors (Lipinski definition) is 4. The molecule has 0 saturated carbocycles. The van der Waals surface area contributed by atoms with Crippen LogP contribution >= 0.6 is 0 Å². The van der Waals surface area contributed by atoms with Crippen molar-refractivity contribution in [2.45, 2.75) is 175 Å². The molecule has 0 aliphatic carbocycles. The largest absolute Gasteiger partial charge is 0.466 e. The molecule has 0 radical (unpaired) electrons. The maximum Gasteiger partial charge on any atom is 0.333 e. The van der Waals surface area contributed by atoms with Gasteiger partial charge in [0.25, 0.3) is 0 Å². The van der Waals surface area contributed by atoms with E-state index in [4.69, 9.17) is 9.47 Å². The molecular weight excluding hydrogens is 517 g/mol. The Morgan fingerprint density at radius 1 is 0.538 bits per heavy atom. The lowest BCUT2D eigenvalue weighted by Crippen LogP contribution is -2.57. The van der Waals surface area contributed by atoms with Crippen LogP contribution in [0.3, 0.4) is 0 Å². The highest BCUT2D eigenvalue weighted by molar-refractivity contribution is 6.85. The third-order valence-corrected chi connectivity index (χ3v) is 24.6. The molecule has 0 spiro atoms. The second-order valence-corrected chi connectivity index (χ2v) is 27.1. The molecule has 39 heavy (non-hydrogen) atoms. The van der Waals surface area contributed by atoms with E-state index in [2.05, 4.69) is 117 Å². The summed E-state index contributed by atoms with van der Waals surface area (Å²) >= 11 is 0. The molecule has 0 bridgehead atoms. The van der Waals surface area contributed by atoms with Crippen LogP contribution in [-0.2, 0) is 19.1 Å². The summed E-state index contributed by atoms with van der Waals surface area (Å²) in [5.74, 6) is 0.0399. The van der Waals surface area contributed by atoms with E-state index in [9.17, 15) is 9.59 Å². The van der Waals surface area contributed by atoms with Crippen molar-refractivity contribution in [2.24, 2.45) is 11.8 Å². The van der Waals surface area contributed by atoms with Crippen molar-refractivity contribution in [3.8, 4) is 0 Å². The van der Waals surface area contributed by atoms with Crippen LogP contribution in [0.15, 0.2) is 12.2 Å². The first-order chi connectivity index (χ1) is 17.7.